The van der Waals surface area contributed by atoms with E-state index in [4.69, 9.17) is 11.0 Å². The molecule has 0 spiro atoms. The summed E-state index contributed by atoms with van der Waals surface area (Å²) in [5.41, 5.74) is 10.4. The van der Waals surface area contributed by atoms with E-state index in [-0.39, 0.29) is 6.04 Å². The van der Waals surface area contributed by atoms with Gasteiger partial charge >= 0.3 is 0 Å². The summed E-state index contributed by atoms with van der Waals surface area (Å²) in [7, 11) is 0. The molecule has 1 unspecified atom stereocenters. The van der Waals surface area contributed by atoms with Gasteiger partial charge in [0.05, 0.1) is 11.7 Å². The largest absolute Gasteiger partial charge is 0.399 e. The number of hydrogen-bond acceptors (Lipinski definition) is 4. The first-order valence-electron chi connectivity index (χ1n) is 6.28. The first kappa shape index (κ1) is 11.5. The minimum Gasteiger partial charge on any atom is -0.399 e. The van der Waals surface area contributed by atoms with E-state index >= 15 is 0 Å². The number of benzene rings is 1. The first-order valence-corrected chi connectivity index (χ1v) is 6.28. The lowest BCUT2D eigenvalue weighted by Crippen LogP contribution is -2.08. The smallest absolute Gasteiger partial charge is 0.163 e. The third-order valence-electron chi connectivity index (χ3n) is 3.49. The van der Waals surface area contributed by atoms with Crippen molar-refractivity contribution < 1.29 is 0 Å². The van der Waals surface area contributed by atoms with E-state index in [1.807, 2.05) is 24.3 Å². The Labute approximate surface area is 111 Å². The molecule has 3 rings (SSSR count). The van der Waals surface area contributed by atoms with Crippen LogP contribution in [0.1, 0.15) is 29.3 Å². The van der Waals surface area contributed by atoms with Crippen LogP contribution in [0.15, 0.2) is 36.5 Å². The van der Waals surface area contributed by atoms with Gasteiger partial charge in [-0.3, -0.25) is 0 Å². The van der Waals surface area contributed by atoms with E-state index in [0.717, 1.165) is 24.2 Å². The summed E-state index contributed by atoms with van der Waals surface area (Å²) in [5, 5.41) is 12.5. The van der Waals surface area contributed by atoms with Crippen molar-refractivity contribution >= 4 is 11.4 Å². The normalized spacial score (nSPS) is 16.7. The second kappa shape index (κ2) is 4.62. The molecule has 0 fully saturated rings. The van der Waals surface area contributed by atoms with Gasteiger partial charge in [-0.1, -0.05) is 6.07 Å². The molecule has 1 heterocycles. The van der Waals surface area contributed by atoms with Crippen LogP contribution in [0.4, 0.5) is 11.4 Å². The number of pyridine rings is 1. The molecule has 1 aromatic heterocycles. The Morgan fingerprint density at radius 3 is 3.11 bits per heavy atom. The highest BCUT2D eigenvalue weighted by Crippen LogP contribution is 2.35. The lowest BCUT2D eigenvalue weighted by atomic mass is 10.1. The molecule has 0 saturated carbocycles. The monoisotopic (exact) mass is 250 g/mol. The van der Waals surface area contributed by atoms with Crippen LogP contribution in [0.5, 0.6) is 0 Å². The van der Waals surface area contributed by atoms with Gasteiger partial charge in [0.2, 0.25) is 0 Å². The Bertz CT molecular complexity index is 657. The molecule has 94 valence electrons. The van der Waals surface area contributed by atoms with E-state index in [0.29, 0.717) is 5.69 Å². The van der Waals surface area contributed by atoms with E-state index in [2.05, 4.69) is 22.4 Å². The number of hydrogen-bond donors (Lipinski definition) is 2. The average molecular weight is 250 g/mol. The average Bonchev–Trinajstić information content (AvgIpc) is 2.82. The maximum Gasteiger partial charge on any atom is 0.163 e. The van der Waals surface area contributed by atoms with E-state index in [1.54, 1.807) is 6.20 Å². The maximum atomic E-state index is 9.05. The van der Waals surface area contributed by atoms with Crippen LogP contribution in [-0.2, 0) is 6.42 Å². The predicted octanol–water partition coefficient (Wildman–Crippen LogP) is 2.63. The van der Waals surface area contributed by atoms with E-state index in [9.17, 15) is 0 Å². The van der Waals surface area contributed by atoms with E-state index in [1.165, 1.54) is 11.1 Å². The summed E-state index contributed by atoms with van der Waals surface area (Å²) in [6.45, 7) is 0. The van der Waals surface area contributed by atoms with Crippen LogP contribution in [-0.4, -0.2) is 4.98 Å². The second-order valence-corrected chi connectivity index (χ2v) is 4.71. The van der Waals surface area contributed by atoms with Crippen molar-refractivity contribution in [2.24, 2.45) is 0 Å². The molecule has 2 aromatic rings. The summed E-state index contributed by atoms with van der Waals surface area (Å²) in [5.74, 6) is 0. The van der Waals surface area contributed by atoms with Crippen LogP contribution in [0.25, 0.3) is 0 Å². The zero-order valence-corrected chi connectivity index (χ0v) is 10.4. The number of anilines is 2. The number of aryl methyl sites for hydroxylation is 1. The molecule has 19 heavy (non-hydrogen) atoms. The van der Waals surface area contributed by atoms with Gasteiger partial charge in [-0.15, -0.1) is 0 Å². The molecular formula is C15H14N4. The highest BCUT2D eigenvalue weighted by Gasteiger charge is 2.23. The number of aromatic nitrogens is 1. The van der Waals surface area contributed by atoms with Gasteiger partial charge in [-0.05, 0) is 48.2 Å². The lowest BCUT2D eigenvalue weighted by Gasteiger charge is -2.16. The maximum absolute atomic E-state index is 9.05. The minimum absolute atomic E-state index is 0.229. The number of nitrogens with two attached hydrogens (primary N) is 1. The van der Waals surface area contributed by atoms with Crippen molar-refractivity contribution in [3.8, 4) is 6.07 Å². The van der Waals surface area contributed by atoms with Gasteiger partial charge < -0.3 is 11.1 Å². The Morgan fingerprint density at radius 2 is 2.26 bits per heavy atom. The van der Waals surface area contributed by atoms with Gasteiger partial charge in [0.15, 0.2) is 5.69 Å². The van der Waals surface area contributed by atoms with Crippen molar-refractivity contribution in [1.29, 1.82) is 5.26 Å². The lowest BCUT2D eigenvalue weighted by molar-refractivity contribution is 0.761. The minimum atomic E-state index is 0.229. The van der Waals surface area contributed by atoms with Gasteiger partial charge in [-0.2, -0.15) is 5.26 Å². The molecule has 0 aliphatic heterocycles. The summed E-state index contributed by atoms with van der Waals surface area (Å²) in [6, 6.07) is 12.1. The van der Waals surface area contributed by atoms with Crippen LogP contribution in [0.3, 0.4) is 0 Å². The van der Waals surface area contributed by atoms with Crippen molar-refractivity contribution in [2.75, 3.05) is 11.1 Å². The molecule has 0 bridgehead atoms. The summed E-state index contributed by atoms with van der Waals surface area (Å²) in [6.07, 6.45) is 3.66. The highest BCUT2D eigenvalue weighted by molar-refractivity contribution is 5.57. The number of nitrogens with one attached hydrogen (secondary N) is 1. The predicted molar refractivity (Wildman–Crippen MR) is 74.5 cm³/mol. The zero-order chi connectivity index (χ0) is 13.2. The third kappa shape index (κ3) is 2.11. The number of fused-ring (bicyclic) bond motifs is 1. The molecule has 1 aliphatic rings. The van der Waals surface area contributed by atoms with Crippen LogP contribution < -0.4 is 11.1 Å². The number of nitrogens with zero attached hydrogens (tertiary/aromatic N) is 2. The third-order valence-corrected chi connectivity index (χ3v) is 3.49. The first-order chi connectivity index (χ1) is 9.28. The molecule has 3 N–H and O–H groups in total. The van der Waals surface area contributed by atoms with Gasteiger partial charge in [0.25, 0.3) is 0 Å². The molecule has 0 radical (unpaired) electrons. The quantitative estimate of drug-likeness (QED) is 0.803. The van der Waals surface area contributed by atoms with Crippen molar-refractivity contribution in [2.45, 2.75) is 18.9 Å². The van der Waals surface area contributed by atoms with Crippen molar-refractivity contribution in [1.82, 2.24) is 4.98 Å². The molecule has 0 amide bonds. The van der Waals surface area contributed by atoms with Gasteiger partial charge in [0, 0.05) is 11.9 Å². The van der Waals surface area contributed by atoms with Crippen molar-refractivity contribution in [3.63, 3.8) is 0 Å². The molecule has 4 heteroatoms. The topological polar surface area (TPSA) is 74.7 Å². The van der Waals surface area contributed by atoms with E-state index < -0.39 is 0 Å². The molecule has 1 atom stereocenters. The fourth-order valence-corrected chi connectivity index (χ4v) is 2.59. The Morgan fingerprint density at radius 1 is 1.37 bits per heavy atom. The van der Waals surface area contributed by atoms with Crippen LogP contribution >= 0.6 is 0 Å². The van der Waals surface area contributed by atoms with Crippen LogP contribution in [0, 0.1) is 11.3 Å². The van der Waals surface area contributed by atoms with Crippen molar-refractivity contribution in [3.05, 3.63) is 53.3 Å². The molecular weight excluding hydrogens is 236 g/mol. The van der Waals surface area contributed by atoms with Crippen LogP contribution in [0.2, 0.25) is 0 Å². The highest BCUT2D eigenvalue weighted by atomic mass is 14.9. The molecule has 4 nitrogen and oxygen atoms in total. The molecule has 0 saturated heterocycles. The second-order valence-electron chi connectivity index (χ2n) is 4.71. The molecule has 1 aromatic carbocycles. The van der Waals surface area contributed by atoms with Gasteiger partial charge in [-0.25, -0.2) is 4.98 Å². The fraction of sp³-hybridized carbons (Fsp3) is 0.200. The fourth-order valence-electron chi connectivity index (χ4n) is 2.59. The SMILES string of the molecule is N#Cc1ncccc1NC1CCc2cc(N)ccc21. The number of rotatable bonds is 2. The molecule has 1 aliphatic carbocycles. The zero-order valence-electron chi connectivity index (χ0n) is 10.4. The summed E-state index contributed by atoms with van der Waals surface area (Å²) < 4.78 is 0. The summed E-state index contributed by atoms with van der Waals surface area (Å²) in [4.78, 5) is 4.07. The Balaban J connectivity index is 1.89. The van der Waals surface area contributed by atoms with Gasteiger partial charge in [0.1, 0.15) is 6.07 Å². The number of nitriles is 1. The summed E-state index contributed by atoms with van der Waals surface area (Å²) >= 11 is 0. The Kier molecular flexibility index (Phi) is 2.81. The number of nitrogen functional groups attached to an aromatic ring is 1. The standard InChI is InChI=1S/C15H14N4/c16-9-15-14(2-1-7-18-15)19-13-6-3-10-8-11(17)4-5-12(10)13/h1-2,4-5,7-8,13,19H,3,6,17H2. The Hall–Kier alpha value is -2.54.